The number of nitrogen functional groups attached to an aromatic ring is 2. The Morgan fingerprint density at radius 3 is 2.45 bits per heavy atom. The summed E-state index contributed by atoms with van der Waals surface area (Å²) in [7, 11) is 0. The van der Waals surface area contributed by atoms with Crippen molar-refractivity contribution in [1.29, 1.82) is 0 Å². The molecule has 0 aliphatic carbocycles. The van der Waals surface area contributed by atoms with Crippen molar-refractivity contribution in [3.05, 3.63) is 35.9 Å². The summed E-state index contributed by atoms with van der Waals surface area (Å²) in [4.78, 5) is 19.6. The smallest absolute Gasteiger partial charge is 0.344 e. The lowest BCUT2D eigenvalue weighted by Gasteiger charge is -2.10. The largest absolute Gasteiger partial charge is 0.476 e. The van der Waals surface area contributed by atoms with E-state index in [0.29, 0.717) is 12.2 Å². The molecule has 0 radical (unpaired) electrons. The monoisotopic (exact) mass is 274 g/mol. The second-order valence-corrected chi connectivity index (χ2v) is 3.79. The molecule has 7 heteroatoms. The van der Waals surface area contributed by atoms with Gasteiger partial charge in [-0.2, -0.15) is 9.97 Å². The van der Waals surface area contributed by atoms with E-state index in [-0.39, 0.29) is 23.4 Å². The minimum atomic E-state index is -0.585. The van der Waals surface area contributed by atoms with E-state index in [4.69, 9.17) is 20.9 Å². The molecule has 0 aliphatic heterocycles. The van der Waals surface area contributed by atoms with E-state index in [2.05, 4.69) is 9.97 Å². The van der Waals surface area contributed by atoms with Crippen molar-refractivity contribution in [2.45, 2.75) is 6.92 Å². The average molecular weight is 274 g/mol. The normalized spacial score (nSPS) is 10.1. The lowest BCUT2D eigenvalue weighted by Crippen LogP contribution is -2.13. The second kappa shape index (κ2) is 5.87. The number of nitrogens with zero attached hydrogens (tertiary/aromatic N) is 2. The minimum absolute atomic E-state index is 0.0327. The summed E-state index contributed by atoms with van der Waals surface area (Å²) >= 11 is 0. The van der Waals surface area contributed by atoms with Crippen LogP contribution in [-0.4, -0.2) is 22.5 Å². The molecule has 1 aromatic heterocycles. The Bertz CT molecular complexity index is 617. The Kier molecular flexibility index (Phi) is 3.99. The second-order valence-electron chi connectivity index (χ2n) is 3.79. The first-order chi connectivity index (χ1) is 9.61. The van der Waals surface area contributed by atoms with Gasteiger partial charge in [-0.15, -0.1) is 0 Å². The maximum Gasteiger partial charge on any atom is 0.344 e. The van der Waals surface area contributed by atoms with Crippen LogP contribution < -0.4 is 20.9 Å². The Morgan fingerprint density at radius 2 is 1.80 bits per heavy atom. The van der Waals surface area contributed by atoms with Crippen molar-refractivity contribution in [3.63, 3.8) is 0 Å². The van der Waals surface area contributed by atoms with E-state index in [1.807, 2.05) is 0 Å². The number of benzene rings is 1. The lowest BCUT2D eigenvalue weighted by molar-refractivity contribution is 0.0728. The zero-order valence-electron chi connectivity index (χ0n) is 10.9. The van der Waals surface area contributed by atoms with Gasteiger partial charge >= 0.3 is 5.97 Å². The van der Waals surface area contributed by atoms with Crippen LogP contribution in [0.3, 0.4) is 0 Å². The van der Waals surface area contributed by atoms with E-state index >= 15 is 0 Å². The van der Waals surface area contributed by atoms with Crippen molar-refractivity contribution in [2.24, 2.45) is 0 Å². The molecule has 2 rings (SSSR count). The quantitative estimate of drug-likeness (QED) is 0.806. The van der Waals surface area contributed by atoms with Crippen LogP contribution in [0.4, 0.5) is 11.6 Å². The van der Waals surface area contributed by atoms with Crippen LogP contribution in [0.1, 0.15) is 17.3 Å². The van der Waals surface area contributed by atoms with Crippen LogP contribution in [-0.2, 0) is 0 Å². The number of carbonyl (C=O) groups is 1. The van der Waals surface area contributed by atoms with Gasteiger partial charge in [-0.3, -0.25) is 0 Å². The summed E-state index contributed by atoms with van der Waals surface area (Å²) in [6.07, 6.45) is 0. The highest BCUT2D eigenvalue weighted by Gasteiger charge is 2.17. The first-order valence-corrected chi connectivity index (χ1v) is 5.94. The molecule has 20 heavy (non-hydrogen) atoms. The molecule has 7 nitrogen and oxygen atoms in total. The third-order valence-electron chi connectivity index (χ3n) is 2.37. The molecule has 1 aromatic carbocycles. The van der Waals surface area contributed by atoms with Crippen molar-refractivity contribution in [2.75, 3.05) is 18.1 Å². The Balaban J connectivity index is 2.27. The fourth-order valence-electron chi connectivity index (χ4n) is 1.49. The molecule has 2 aromatic rings. The molecular formula is C13H14N4O3. The topological polar surface area (TPSA) is 113 Å². The molecule has 0 saturated carbocycles. The highest BCUT2D eigenvalue weighted by molar-refractivity contribution is 5.91. The maximum atomic E-state index is 11.9. The highest BCUT2D eigenvalue weighted by atomic mass is 16.5. The molecule has 0 unspecified atom stereocenters. The zero-order chi connectivity index (χ0) is 14.5. The summed E-state index contributed by atoms with van der Waals surface area (Å²) < 4.78 is 10.3. The van der Waals surface area contributed by atoms with Crippen LogP contribution in [0.25, 0.3) is 0 Å². The molecular weight excluding hydrogens is 260 g/mol. The number of anilines is 2. The molecule has 4 N–H and O–H groups in total. The number of carbonyl (C=O) groups excluding carboxylic acids is 1. The number of aromatic nitrogens is 2. The van der Waals surface area contributed by atoms with Gasteiger partial charge in [0, 0.05) is 0 Å². The van der Waals surface area contributed by atoms with Gasteiger partial charge in [0.05, 0.1) is 12.2 Å². The molecule has 0 bridgehead atoms. The van der Waals surface area contributed by atoms with Gasteiger partial charge in [-0.1, -0.05) is 18.2 Å². The predicted octanol–water partition coefficient (Wildman–Crippen LogP) is 1.26. The van der Waals surface area contributed by atoms with Crippen LogP contribution >= 0.6 is 0 Å². The first kappa shape index (κ1) is 13.6. The van der Waals surface area contributed by atoms with Crippen LogP contribution in [0.15, 0.2) is 30.3 Å². The molecule has 0 fully saturated rings. The Morgan fingerprint density at radius 1 is 1.15 bits per heavy atom. The van der Waals surface area contributed by atoms with Crippen LogP contribution in [0.5, 0.6) is 11.8 Å². The minimum Gasteiger partial charge on any atom is -0.476 e. The zero-order valence-corrected chi connectivity index (χ0v) is 10.9. The molecule has 1 heterocycles. The van der Waals surface area contributed by atoms with Crippen LogP contribution in [0, 0.1) is 0 Å². The summed E-state index contributed by atoms with van der Waals surface area (Å²) in [5.41, 5.74) is 11.7. The number of ether oxygens (including phenoxy) is 2. The molecule has 0 atom stereocenters. The van der Waals surface area contributed by atoms with Crippen molar-refractivity contribution >= 4 is 17.6 Å². The van der Waals surface area contributed by atoms with Gasteiger partial charge in [-0.05, 0) is 19.1 Å². The standard InChI is InChI=1S/C13H14N4O3/c1-2-19-10-9(14)11(17-13(15)16-10)20-12(18)8-6-4-3-5-7-8/h3-7H,2,14H2,1H3,(H2,15,16,17). The van der Waals surface area contributed by atoms with Gasteiger partial charge in [0.25, 0.3) is 5.88 Å². The molecule has 0 saturated heterocycles. The van der Waals surface area contributed by atoms with E-state index < -0.39 is 5.97 Å². The third kappa shape index (κ3) is 2.94. The molecule has 0 spiro atoms. The molecule has 0 amide bonds. The predicted molar refractivity (Wildman–Crippen MR) is 73.4 cm³/mol. The Labute approximate surface area is 115 Å². The molecule has 0 aliphatic rings. The van der Waals surface area contributed by atoms with Gasteiger partial charge in [0.15, 0.2) is 5.69 Å². The van der Waals surface area contributed by atoms with Gasteiger partial charge in [0.1, 0.15) is 0 Å². The van der Waals surface area contributed by atoms with Crippen molar-refractivity contribution in [3.8, 4) is 11.8 Å². The number of hydrogen-bond donors (Lipinski definition) is 2. The fraction of sp³-hybridized carbons (Fsp3) is 0.154. The van der Waals surface area contributed by atoms with E-state index in [0.717, 1.165) is 0 Å². The number of nitrogens with two attached hydrogens (primary N) is 2. The van der Waals surface area contributed by atoms with Gasteiger partial charge < -0.3 is 20.9 Å². The summed E-state index contributed by atoms with van der Waals surface area (Å²) in [5.74, 6) is -0.693. The van der Waals surface area contributed by atoms with Crippen LogP contribution in [0.2, 0.25) is 0 Å². The summed E-state index contributed by atoms with van der Waals surface area (Å²) in [6.45, 7) is 2.13. The highest BCUT2D eigenvalue weighted by Crippen LogP contribution is 2.29. The van der Waals surface area contributed by atoms with E-state index in [9.17, 15) is 4.79 Å². The van der Waals surface area contributed by atoms with Gasteiger partial charge in [-0.25, -0.2) is 4.79 Å². The fourth-order valence-corrected chi connectivity index (χ4v) is 1.49. The number of hydrogen-bond acceptors (Lipinski definition) is 7. The summed E-state index contributed by atoms with van der Waals surface area (Å²) in [6, 6.07) is 8.47. The van der Waals surface area contributed by atoms with E-state index in [1.165, 1.54) is 0 Å². The van der Waals surface area contributed by atoms with Crippen molar-refractivity contribution in [1.82, 2.24) is 9.97 Å². The maximum absolute atomic E-state index is 11.9. The Hall–Kier alpha value is -2.83. The third-order valence-corrected chi connectivity index (χ3v) is 2.37. The summed E-state index contributed by atoms with van der Waals surface area (Å²) in [5, 5.41) is 0. The lowest BCUT2D eigenvalue weighted by atomic mass is 10.2. The number of rotatable bonds is 4. The van der Waals surface area contributed by atoms with Gasteiger partial charge in [0.2, 0.25) is 11.8 Å². The van der Waals surface area contributed by atoms with E-state index in [1.54, 1.807) is 37.3 Å². The SMILES string of the molecule is CCOc1nc(N)nc(OC(=O)c2ccccc2)c1N. The molecule has 104 valence electrons. The number of esters is 1. The van der Waals surface area contributed by atoms with Crippen molar-refractivity contribution < 1.29 is 14.3 Å². The first-order valence-electron chi connectivity index (χ1n) is 5.94. The average Bonchev–Trinajstić information content (AvgIpc) is 2.45.